The summed E-state index contributed by atoms with van der Waals surface area (Å²) in [6.07, 6.45) is 2.56. The van der Waals surface area contributed by atoms with E-state index in [9.17, 15) is 9.50 Å². The van der Waals surface area contributed by atoms with Gasteiger partial charge in [-0.1, -0.05) is 30.3 Å². The molecule has 4 atom stereocenters. The molecule has 0 aromatic heterocycles. The maximum absolute atomic E-state index is 14.1. The van der Waals surface area contributed by atoms with E-state index >= 15 is 0 Å². The van der Waals surface area contributed by atoms with Crippen molar-refractivity contribution in [1.29, 1.82) is 0 Å². The second kappa shape index (κ2) is 8.15. The van der Waals surface area contributed by atoms with Gasteiger partial charge in [0.25, 0.3) is 0 Å². The lowest BCUT2D eigenvalue weighted by atomic mass is 9.87. The van der Waals surface area contributed by atoms with E-state index in [0.29, 0.717) is 13.0 Å². The van der Waals surface area contributed by atoms with E-state index in [2.05, 4.69) is 29.2 Å². The Bertz CT molecular complexity index is 871. The second-order valence-corrected chi connectivity index (χ2v) is 8.50. The molecule has 5 heteroatoms. The van der Waals surface area contributed by atoms with Crippen LogP contribution in [0.4, 0.5) is 4.39 Å². The van der Waals surface area contributed by atoms with Crippen molar-refractivity contribution in [3.8, 4) is 0 Å². The van der Waals surface area contributed by atoms with Crippen molar-refractivity contribution in [3.05, 3.63) is 70.5 Å². The number of aliphatic hydroxyl groups is 1. The predicted molar refractivity (Wildman–Crippen MR) is 109 cm³/mol. The van der Waals surface area contributed by atoms with Gasteiger partial charge in [-0.25, -0.2) is 4.39 Å². The number of hydrogen-bond donors (Lipinski definition) is 1. The molecule has 2 aliphatic heterocycles. The summed E-state index contributed by atoms with van der Waals surface area (Å²) >= 11 is 0. The minimum atomic E-state index is -0.194. The van der Waals surface area contributed by atoms with Crippen molar-refractivity contribution in [2.24, 2.45) is 0 Å². The van der Waals surface area contributed by atoms with Crippen LogP contribution in [0.5, 0.6) is 0 Å². The molecule has 29 heavy (non-hydrogen) atoms. The molecule has 2 heterocycles. The van der Waals surface area contributed by atoms with Gasteiger partial charge in [-0.15, -0.1) is 0 Å². The number of fused-ring (bicyclic) bond motifs is 5. The number of hydrogen-bond acceptors (Lipinski definition) is 4. The number of benzene rings is 2. The summed E-state index contributed by atoms with van der Waals surface area (Å²) in [6.45, 7) is 3.42. The first kappa shape index (κ1) is 19.2. The van der Waals surface area contributed by atoms with E-state index in [1.165, 1.54) is 16.7 Å². The van der Waals surface area contributed by atoms with Crippen LogP contribution in [-0.2, 0) is 15.9 Å². The molecule has 0 amide bonds. The Morgan fingerprint density at radius 1 is 1.07 bits per heavy atom. The molecule has 4 nitrogen and oxygen atoms in total. The molecule has 2 aromatic carbocycles. The first-order valence-corrected chi connectivity index (χ1v) is 10.7. The number of rotatable bonds is 4. The summed E-state index contributed by atoms with van der Waals surface area (Å²) in [4.78, 5) is 2.39. The largest absolute Gasteiger partial charge is 0.396 e. The van der Waals surface area contributed by atoms with Gasteiger partial charge in [0, 0.05) is 32.2 Å². The molecular formula is C24H28FNO3. The predicted octanol–water partition coefficient (Wildman–Crippen LogP) is 3.43. The number of morpholine rings is 1. The summed E-state index contributed by atoms with van der Waals surface area (Å²) in [5.74, 6) is 0.0639. The fraction of sp³-hybridized carbons (Fsp3) is 0.500. The lowest BCUT2D eigenvalue weighted by Crippen LogP contribution is -2.45. The summed E-state index contributed by atoms with van der Waals surface area (Å²) in [6, 6.07) is 13.7. The van der Waals surface area contributed by atoms with E-state index in [1.807, 2.05) is 6.07 Å². The van der Waals surface area contributed by atoms with Gasteiger partial charge in [0.2, 0.25) is 0 Å². The van der Waals surface area contributed by atoms with Crippen LogP contribution in [0.2, 0.25) is 0 Å². The van der Waals surface area contributed by atoms with Gasteiger partial charge in [-0.05, 0) is 53.6 Å². The molecule has 0 bridgehead atoms. The summed E-state index contributed by atoms with van der Waals surface area (Å²) in [7, 11) is 0. The molecule has 3 aliphatic rings. The van der Waals surface area contributed by atoms with Crippen molar-refractivity contribution < 1.29 is 19.0 Å². The zero-order valence-corrected chi connectivity index (χ0v) is 16.6. The average Bonchev–Trinajstić information content (AvgIpc) is 3.08. The molecule has 0 spiro atoms. The van der Waals surface area contributed by atoms with Crippen LogP contribution in [-0.4, -0.2) is 55.1 Å². The molecule has 1 aliphatic carbocycles. The standard InChI is InChI=1S/C24H28FNO3/c25-18-6-5-17-11-16-3-1-2-4-21(16)23-13-20(29-24(23)22(17)12-18)15-26-8-10-28-19(14-26)7-9-27/h1-6,12,19-20,23-24,27H,7-11,13-15H2/t19?,20-,23+,24-/m0/s1. The van der Waals surface area contributed by atoms with E-state index in [-0.39, 0.29) is 36.7 Å². The van der Waals surface area contributed by atoms with Gasteiger partial charge in [0.1, 0.15) is 5.82 Å². The molecular weight excluding hydrogens is 369 g/mol. The molecule has 154 valence electrons. The maximum Gasteiger partial charge on any atom is 0.123 e. The molecule has 0 saturated carbocycles. The quantitative estimate of drug-likeness (QED) is 0.858. The SMILES string of the molecule is OCCC1CN(C[C@@H]2C[C@@H]3c4ccccc4Cc4ccc(F)cc4[C@@H]3O2)CCO1. The monoisotopic (exact) mass is 397 g/mol. The molecule has 1 unspecified atom stereocenters. The van der Waals surface area contributed by atoms with E-state index in [0.717, 1.165) is 38.0 Å². The highest BCUT2D eigenvalue weighted by atomic mass is 19.1. The molecule has 2 aromatic rings. The van der Waals surface area contributed by atoms with Crippen LogP contribution in [0.25, 0.3) is 0 Å². The number of halogens is 1. The molecule has 2 fully saturated rings. The Kier molecular flexibility index (Phi) is 5.39. The summed E-state index contributed by atoms with van der Waals surface area (Å²) < 4.78 is 26.4. The number of ether oxygens (including phenoxy) is 2. The minimum absolute atomic E-state index is 0.0937. The smallest absolute Gasteiger partial charge is 0.123 e. The van der Waals surface area contributed by atoms with Crippen molar-refractivity contribution in [2.45, 2.75) is 43.5 Å². The first-order chi connectivity index (χ1) is 14.2. The highest BCUT2D eigenvalue weighted by molar-refractivity contribution is 5.45. The Labute approximate surface area is 171 Å². The molecule has 0 radical (unpaired) electrons. The normalized spacial score (nSPS) is 29.0. The van der Waals surface area contributed by atoms with Crippen LogP contribution < -0.4 is 0 Å². The Morgan fingerprint density at radius 2 is 1.93 bits per heavy atom. The van der Waals surface area contributed by atoms with Crippen LogP contribution in [0.15, 0.2) is 42.5 Å². The van der Waals surface area contributed by atoms with Gasteiger partial charge in [0.15, 0.2) is 0 Å². The van der Waals surface area contributed by atoms with Crippen molar-refractivity contribution in [2.75, 3.05) is 32.8 Å². The van der Waals surface area contributed by atoms with Crippen LogP contribution in [0, 0.1) is 5.82 Å². The highest BCUT2D eigenvalue weighted by Crippen LogP contribution is 2.49. The van der Waals surface area contributed by atoms with E-state index in [1.54, 1.807) is 12.1 Å². The van der Waals surface area contributed by atoms with Gasteiger partial charge in [-0.2, -0.15) is 0 Å². The van der Waals surface area contributed by atoms with Crippen molar-refractivity contribution in [3.63, 3.8) is 0 Å². The van der Waals surface area contributed by atoms with Gasteiger partial charge >= 0.3 is 0 Å². The van der Waals surface area contributed by atoms with Gasteiger partial charge in [-0.3, -0.25) is 4.90 Å². The lowest BCUT2D eigenvalue weighted by Gasteiger charge is -2.34. The fourth-order valence-corrected chi connectivity index (χ4v) is 5.27. The maximum atomic E-state index is 14.1. The third-order valence-corrected chi connectivity index (χ3v) is 6.61. The number of nitrogens with zero attached hydrogens (tertiary/aromatic N) is 1. The third kappa shape index (κ3) is 3.84. The molecule has 5 rings (SSSR count). The molecule has 2 saturated heterocycles. The number of aliphatic hydroxyl groups excluding tert-OH is 1. The first-order valence-electron chi connectivity index (χ1n) is 10.7. The topological polar surface area (TPSA) is 41.9 Å². The highest BCUT2D eigenvalue weighted by Gasteiger charge is 2.41. The Balaban J connectivity index is 1.40. The molecule has 1 N–H and O–H groups in total. The zero-order valence-electron chi connectivity index (χ0n) is 16.6. The van der Waals surface area contributed by atoms with Crippen molar-refractivity contribution in [1.82, 2.24) is 4.90 Å². The van der Waals surface area contributed by atoms with Crippen LogP contribution >= 0.6 is 0 Å². The summed E-state index contributed by atoms with van der Waals surface area (Å²) in [5, 5.41) is 9.21. The minimum Gasteiger partial charge on any atom is -0.396 e. The average molecular weight is 397 g/mol. The van der Waals surface area contributed by atoms with E-state index in [4.69, 9.17) is 9.47 Å². The Hall–Kier alpha value is -1.79. The second-order valence-electron chi connectivity index (χ2n) is 8.50. The van der Waals surface area contributed by atoms with Crippen LogP contribution in [0.1, 0.15) is 47.1 Å². The Morgan fingerprint density at radius 3 is 2.83 bits per heavy atom. The van der Waals surface area contributed by atoms with Crippen molar-refractivity contribution >= 4 is 0 Å². The van der Waals surface area contributed by atoms with E-state index < -0.39 is 0 Å². The van der Waals surface area contributed by atoms with Gasteiger partial charge < -0.3 is 14.6 Å². The summed E-state index contributed by atoms with van der Waals surface area (Å²) in [5.41, 5.74) is 4.85. The lowest BCUT2D eigenvalue weighted by molar-refractivity contribution is -0.0569. The van der Waals surface area contributed by atoms with Gasteiger partial charge in [0.05, 0.1) is 24.9 Å². The third-order valence-electron chi connectivity index (χ3n) is 6.61. The van der Waals surface area contributed by atoms with Crippen LogP contribution in [0.3, 0.4) is 0 Å². The zero-order chi connectivity index (χ0) is 19.8. The fourth-order valence-electron chi connectivity index (χ4n) is 5.27.